The van der Waals surface area contributed by atoms with E-state index in [1.807, 2.05) is 29.6 Å². The van der Waals surface area contributed by atoms with Gasteiger partial charge in [-0.25, -0.2) is 4.98 Å². The Balaban J connectivity index is 2.17. The van der Waals surface area contributed by atoms with E-state index in [4.69, 9.17) is 5.73 Å². The van der Waals surface area contributed by atoms with E-state index in [2.05, 4.69) is 25.9 Å². The molecule has 0 aliphatic rings. The van der Waals surface area contributed by atoms with Crippen molar-refractivity contribution in [2.24, 2.45) is 5.73 Å². The van der Waals surface area contributed by atoms with Crippen LogP contribution in [0.4, 0.5) is 0 Å². The molecule has 0 atom stereocenters. The molecule has 1 aromatic carbocycles. The van der Waals surface area contributed by atoms with Crippen molar-refractivity contribution < 1.29 is 0 Å². The van der Waals surface area contributed by atoms with Crippen molar-refractivity contribution in [1.82, 2.24) is 9.97 Å². The molecule has 3 aromatic rings. The van der Waals surface area contributed by atoms with Crippen LogP contribution in [0, 0.1) is 0 Å². The first kappa shape index (κ1) is 11.0. The van der Waals surface area contributed by atoms with Crippen molar-refractivity contribution in [3.8, 4) is 10.7 Å². The van der Waals surface area contributed by atoms with Crippen LogP contribution < -0.4 is 5.73 Å². The predicted molar refractivity (Wildman–Crippen MR) is 75.0 cm³/mol. The summed E-state index contributed by atoms with van der Waals surface area (Å²) in [5.41, 5.74) is 8.74. The van der Waals surface area contributed by atoms with E-state index in [0.29, 0.717) is 6.54 Å². The summed E-state index contributed by atoms with van der Waals surface area (Å²) >= 11 is 5.18. The first-order chi connectivity index (χ1) is 8.28. The van der Waals surface area contributed by atoms with Gasteiger partial charge in [-0.2, -0.15) is 0 Å². The fraction of sp³-hybridized carbons (Fsp3) is 0.0833. The minimum atomic E-state index is 0.549. The fourth-order valence-electron chi connectivity index (χ4n) is 1.75. The monoisotopic (exact) mass is 307 g/mol. The molecule has 86 valence electrons. The standard InChI is InChI=1S/C12H10BrN3S/c13-8-3-4-17-11(8)12-15-9-2-1-7(6-14)5-10(9)16-12/h1-5H,6,14H2,(H,15,16). The van der Waals surface area contributed by atoms with Crippen molar-refractivity contribution in [3.05, 3.63) is 39.7 Å². The minimum absolute atomic E-state index is 0.549. The molecule has 2 aromatic heterocycles. The molecule has 0 aliphatic heterocycles. The molecule has 5 heteroatoms. The number of H-pyrrole nitrogens is 1. The van der Waals surface area contributed by atoms with Crippen LogP contribution in [-0.2, 0) is 6.54 Å². The van der Waals surface area contributed by atoms with Gasteiger partial charge in [-0.05, 0) is 45.1 Å². The molecule has 0 saturated heterocycles. The second kappa shape index (κ2) is 4.25. The van der Waals surface area contributed by atoms with Gasteiger partial charge >= 0.3 is 0 Å². The zero-order chi connectivity index (χ0) is 11.8. The summed E-state index contributed by atoms with van der Waals surface area (Å²) in [5, 5.41) is 2.04. The van der Waals surface area contributed by atoms with Crippen LogP contribution in [0.15, 0.2) is 34.1 Å². The summed E-state index contributed by atoms with van der Waals surface area (Å²) in [5.74, 6) is 0.899. The minimum Gasteiger partial charge on any atom is -0.337 e. The lowest BCUT2D eigenvalue weighted by molar-refractivity contribution is 1.07. The average molecular weight is 308 g/mol. The molecule has 0 fully saturated rings. The highest BCUT2D eigenvalue weighted by atomic mass is 79.9. The molecular weight excluding hydrogens is 298 g/mol. The van der Waals surface area contributed by atoms with Crippen molar-refractivity contribution in [2.75, 3.05) is 0 Å². The lowest BCUT2D eigenvalue weighted by Crippen LogP contribution is -1.95. The molecule has 3 N–H and O–H groups in total. The SMILES string of the molecule is NCc1ccc2nc(-c3sccc3Br)[nH]c2c1. The Morgan fingerprint density at radius 2 is 2.24 bits per heavy atom. The lowest BCUT2D eigenvalue weighted by atomic mass is 10.2. The van der Waals surface area contributed by atoms with E-state index < -0.39 is 0 Å². The summed E-state index contributed by atoms with van der Waals surface area (Å²) in [6.45, 7) is 0.549. The quantitative estimate of drug-likeness (QED) is 0.761. The topological polar surface area (TPSA) is 54.7 Å². The largest absolute Gasteiger partial charge is 0.337 e. The first-order valence-electron chi connectivity index (χ1n) is 5.20. The molecule has 3 rings (SSSR count). The van der Waals surface area contributed by atoms with Crippen molar-refractivity contribution in [1.29, 1.82) is 0 Å². The maximum absolute atomic E-state index is 5.63. The summed E-state index contributed by atoms with van der Waals surface area (Å²) in [4.78, 5) is 9.02. The number of aromatic nitrogens is 2. The zero-order valence-corrected chi connectivity index (χ0v) is 11.3. The first-order valence-corrected chi connectivity index (χ1v) is 6.87. The van der Waals surface area contributed by atoms with Crippen LogP contribution in [0.3, 0.4) is 0 Å². The van der Waals surface area contributed by atoms with Gasteiger partial charge in [0.15, 0.2) is 0 Å². The molecule has 0 unspecified atom stereocenters. The summed E-state index contributed by atoms with van der Waals surface area (Å²) in [6.07, 6.45) is 0. The van der Waals surface area contributed by atoms with E-state index in [1.54, 1.807) is 11.3 Å². The Kier molecular flexibility index (Phi) is 2.74. The van der Waals surface area contributed by atoms with E-state index in [9.17, 15) is 0 Å². The van der Waals surface area contributed by atoms with Gasteiger partial charge in [0, 0.05) is 11.0 Å². The van der Waals surface area contributed by atoms with Crippen molar-refractivity contribution in [2.45, 2.75) is 6.54 Å². The van der Waals surface area contributed by atoms with Crippen molar-refractivity contribution in [3.63, 3.8) is 0 Å². The van der Waals surface area contributed by atoms with Crippen LogP contribution in [0.5, 0.6) is 0 Å². The van der Waals surface area contributed by atoms with Gasteiger partial charge < -0.3 is 10.7 Å². The van der Waals surface area contributed by atoms with E-state index in [-0.39, 0.29) is 0 Å². The smallest absolute Gasteiger partial charge is 0.149 e. The third-order valence-corrected chi connectivity index (χ3v) is 4.46. The van der Waals surface area contributed by atoms with Gasteiger partial charge in [-0.1, -0.05) is 6.07 Å². The Morgan fingerprint density at radius 1 is 1.35 bits per heavy atom. The summed E-state index contributed by atoms with van der Waals surface area (Å²) in [7, 11) is 0. The van der Waals surface area contributed by atoms with Gasteiger partial charge in [0.1, 0.15) is 5.82 Å². The molecular formula is C12H10BrN3S. The van der Waals surface area contributed by atoms with E-state index >= 15 is 0 Å². The number of aromatic amines is 1. The number of hydrogen-bond donors (Lipinski definition) is 2. The number of benzene rings is 1. The fourth-order valence-corrected chi connectivity index (χ4v) is 3.26. The Bertz CT molecular complexity index is 671. The van der Waals surface area contributed by atoms with Gasteiger partial charge in [0.05, 0.1) is 15.9 Å². The van der Waals surface area contributed by atoms with Gasteiger partial charge in [0.25, 0.3) is 0 Å². The number of hydrogen-bond acceptors (Lipinski definition) is 3. The highest BCUT2D eigenvalue weighted by Gasteiger charge is 2.09. The van der Waals surface area contributed by atoms with Crippen LogP contribution in [0.2, 0.25) is 0 Å². The number of nitrogens with two attached hydrogens (primary N) is 1. The normalized spacial score (nSPS) is 11.2. The molecule has 0 radical (unpaired) electrons. The number of thiophene rings is 1. The highest BCUT2D eigenvalue weighted by molar-refractivity contribution is 9.10. The van der Waals surface area contributed by atoms with Crippen LogP contribution >= 0.6 is 27.3 Å². The maximum Gasteiger partial charge on any atom is 0.149 e. The van der Waals surface area contributed by atoms with Crippen molar-refractivity contribution >= 4 is 38.3 Å². The number of nitrogens with zero attached hydrogens (tertiary/aromatic N) is 1. The van der Waals surface area contributed by atoms with Crippen LogP contribution in [0.25, 0.3) is 21.7 Å². The number of fused-ring (bicyclic) bond motifs is 1. The Morgan fingerprint density at radius 3 is 2.94 bits per heavy atom. The molecule has 0 spiro atoms. The number of rotatable bonds is 2. The lowest BCUT2D eigenvalue weighted by Gasteiger charge is -1.94. The Hall–Kier alpha value is -1.17. The molecule has 3 nitrogen and oxygen atoms in total. The van der Waals surface area contributed by atoms with Gasteiger partial charge in [-0.15, -0.1) is 11.3 Å². The second-order valence-electron chi connectivity index (χ2n) is 3.74. The van der Waals surface area contributed by atoms with E-state index in [0.717, 1.165) is 31.8 Å². The number of nitrogens with one attached hydrogen (secondary N) is 1. The summed E-state index contributed by atoms with van der Waals surface area (Å²) < 4.78 is 1.07. The van der Waals surface area contributed by atoms with Crippen LogP contribution in [-0.4, -0.2) is 9.97 Å². The highest BCUT2D eigenvalue weighted by Crippen LogP contribution is 2.32. The second-order valence-corrected chi connectivity index (χ2v) is 5.51. The number of halogens is 1. The average Bonchev–Trinajstić information content (AvgIpc) is 2.93. The molecule has 2 heterocycles. The number of imidazole rings is 1. The molecule has 0 bridgehead atoms. The molecule has 0 saturated carbocycles. The zero-order valence-electron chi connectivity index (χ0n) is 8.90. The maximum atomic E-state index is 5.63. The molecule has 17 heavy (non-hydrogen) atoms. The van der Waals surface area contributed by atoms with Crippen LogP contribution in [0.1, 0.15) is 5.56 Å². The molecule has 0 aliphatic carbocycles. The van der Waals surface area contributed by atoms with E-state index in [1.165, 1.54) is 0 Å². The summed E-state index contributed by atoms with van der Waals surface area (Å²) in [6, 6.07) is 8.08. The molecule has 0 amide bonds. The Labute approximate surface area is 111 Å². The van der Waals surface area contributed by atoms with Gasteiger partial charge in [-0.3, -0.25) is 0 Å². The third kappa shape index (κ3) is 1.90. The third-order valence-electron chi connectivity index (χ3n) is 2.61. The predicted octanol–water partition coefficient (Wildman–Crippen LogP) is 3.51. The van der Waals surface area contributed by atoms with Gasteiger partial charge in [0.2, 0.25) is 0 Å².